The third kappa shape index (κ3) is 1.49. The maximum Gasteiger partial charge on any atom is 0.255 e. The highest BCUT2D eigenvalue weighted by Crippen LogP contribution is 2.01. The van der Waals surface area contributed by atoms with E-state index in [4.69, 9.17) is 0 Å². The van der Waals surface area contributed by atoms with Crippen LogP contribution in [0.5, 0.6) is 0 Å². The van der Waals surface area contributed by atoms with Crippen LogP contribution in [0.25, 0.3) is 12.3 Å². The first-order valence-electron chi connectivity index (χ1n) is 3.96. The van der Waals surface area contributed by atoms with Gasteiger partial charge in [-0.2, -0.15) is 0 Å². The van der Waals surface area contributed by atoms with Gasteiger partial charge in [0.2, 0.25) is 0 Å². The van der Waals surface area contributed by atoms with Gasteiger partial charge in [-0.15, -0.1) is 0 Å². The van der Waals surface area contributed by atoms with Gasteiger partial charge >= 0.3 is 0 Å². The molecule has 0 amide bonds. The van der Waals surface area contributed by atoms with E-state index in [9.17, 15) is 4.79 Å². The molecule has 0 unspecified atom stereocenters. The van der Waals surface area contributed by atoms with E-state index < -0.39 is 0 Å². The van der Waals surface area contributed by atoms with Gasteiger partial charge in [-0.3, -0.25) is 14.4 Å². The third-order valence-corrected chi connectivity index (χ3v) is 1.76. The molecule has 0 radical (unpaired) electrons. The standard InChI is InChI=1S/C10H8N2O/c13-10-4-1-3-9-5-7-11-6-2-8-12(9)10/h1-8H. The number of fused-ring (bicyclic) bond motifs is 1. The van der Waals surface area contributed by atoms with Crippen molar-refractivity contribution in [1.82, 2.24) is 4.57 Å². The van der Waals surface area contributed by atoms with E-state index in [0.717, 1.165) is 5.69 Å². The molecule has 0 bridgehead atoms. The minimum Gasteiger partial charge on any atom is -0.284 e. The quantitative estimate of drug-likeness (QED) is 0.582. The lowest BCUT2D eigenvalue weighted by Crippen LogP contribution is -2.15. The van der Waals surface area contributed by atoms with Gasteiger partial charge in [-0.25, -0.2) is 0 Å². The molecule has 1 aliphatic rings. The zero-order valence-electron chi connectivity index (χ0n) is 6.92. The minimum atomic E-state index is -0.0336. The van der Waals surface area contributed by atoms with Gasteiger partial charge in [0.1, 0.15) is 0 Å². The van der Waals surface area contributed by atoms with Crippen molar-refractivity contribution >= 4 is 18.5 Å². The van der Waals surface area contributed by atoms with E-state index in [1.807, 2.05) is 6.07 Å². The molecule has 0 atom stereocenters. The first-order valence-corrected chi connectivity index (χ1v) is 3.96. The average molecular weight is 172 g/mol. The SMILES string of the molecule is O=c1cccc2n1C=CC=NC=C2. The first-order chi connectivity index (χ1) is 6.38. The molecule has 1 aromatic rings. The van der Waals surface area contributed by atoms with Gasteiger partial charge in [0.05, 0.1) is 5.69 Å². The van der Waals surface area contributed by atoms with Crippen LogP contribution in [0.4, 0.5) is 0 Å². The Morgan fingerprint density at radius 1 is 1.31 bits per heavy atom. The first kappa shape index (κ1) is 7.73. The Kier molecular flexibility index (Phi) is 1.92. The number of hydrogen-bond donors (Lipinski definition) is 0. The van der Waals surface area contributed by atoms with Gasteiger partial charge in [0.15, 0.2) is 0 Å². The lowest BCUT2D eigenvalue weighted by molar-refractivity contribution is 1.04. The lowest BCUT2D eigenvalue weighted by atomic mass is 10.3. The van der Waals surface area contributed by atoms with Gasteiger partial charge in [0, 0.05) is 24.7 Å². The molecule has 0 saturated heterocycles. The molecule has 3 nitrogen and oxygen atoms in total. The van der Waals surface area contributed by atoms with Crippen molar-refractivity contribution in [2.45, 2.75) is 0 Å². The van der Waals surface area contributed by atoms with Crippen molar-refractivity contribution in [3.8, 4) is 0 Å². The van der Waals surface area contributed by atoms with Crippen LogP contribution in [0.3, 0.4) is 0 Å². The summed E-state index contributed by atoms with van der Waals surface area (Å²) in [6, 6.07) is 5.13. The molecule has 0 fully saturated rings. The Morgan fingerprint density at radius 2 is 2.23 bits per heavy atom. The summed E-state index contributed by atoms with van der Waals surface area (Å²) in [5, 5.41) is 0. The fourth-order valence-corrected chi connectivity index (χ4v) is 1.16. The van der Waals surface area contributed by atoms with Gasteiger partial charge in [0.25, 0.3) is 5.56 Å². The molecule has 1 aromatic heterocycles. The van der Waals surface area contributed by atoms with Crippen molar-refractivity contribution in [3.63, 3.8) is 0 Å². The summed E-state index contributed by atoms with van der Waals surface area (Å²) in [4.78, 5) is 15.3. The van der Waals surface area contributed by atoms with Crippen LogP contribution < -0.4 is 5.56 Å². The van der Waals surface area contributed by atoms with Crippen molar-refractivity contribution in [2.75, 3.05) is 0 Å². The summed E-state index contributed by atoms with van der Waals surface area (Å²) in [5.41, 5.74) is 0.800. The molecule has 13 heavy (non-hydrogen) atoms. The Morgan fingerprint density at radius 3 is 3.15 bits per heavy atom. The maximum atomic E-state index is 11.4. The zero-order valence-corrected chi connectivity index (χ0v) is 6.92. The molecule has 0 spiro atoms. The molecule has 0 saturated carbocycles. The molecule has 3 heteroatoms. The summed E-state index contributed by atoms with van der Waals surface area (Å²) in [6.45, 7) is 0. The molecular formula is C10H8N2O. The third-order valence-electron chi connectivity index (χ3n) is 1.76. The highest BCUT2D eigenvalue weighted by atomic mass is 16.1. The summed E-state index contributed by atoms with van der Waals surface area (Å²) in [6.07, 6.45) is 8.52. The second-order valence-electron chi connectivity index (χ2n) is 2.61. The van der Waals surface area contributed by atoms with E-state index in [2.05, 4.69) is 4.99 Å². The number of pyridine rings is 1. The Bertz CT molecular complexity index is 452. The Hall–Kier alpha value is -1.90. The highest BCUT2D eigenvalue weighted by Gasteiger charge is 1.96. The van der Waals surface area contributed by atoms with E-state index >= 15 is 0 Å². The average Bonchev–Trinajstić information content (AvgIpc) is 2.07. The van der Waals surface area contributed by atoms with Gasteiger partial charge < -0.3 is 0 Å². The molecule has 0 aromatic carbocycles. The van der Waals surface area contributed by atoms with Gasteiger partial charge in [-0.05, 0) is 18.2 Å². The summed E-state index contributed by atoms with van der Waals surface area (Å²) in [7, 11) is 0. The molecule has 1 aliphatic heterocycles. The van der Waals surface area contributed by atoms with Crippen molar-refractivity contribution in [3.05, 3.63) is 46.5 Å². The number of rotatable bonds is 0. The molecule has 0 N–H and O–H groups in total. The van der Waals surface area contributed by atoms with Crippen LogP contribution >= 0.6 is 0 Å². The molecule has 2 rings (SSSR count). The zero-order chi connectivity index (χ0) is 9.10. The molecular weight excluding hydrogens is 164 g/mol. The lowest BCUT2D eigenvalue weighted by Gasteiger charge is -2.03. The van der Waals surface area contributed by atoms with E-state index in [1.54, 1.807) is 41.4 Å². The monoisotopic (exact) mass is 172 g/mol. The second kappa shape index (κ2) is 3.23. The molecule has 0 aliphatic carbocycles. The van der Waals surface area contributed by atoms with Crippen LogP contribution in [0.15, 0.2) is 40.3 Å². The number of allylic oxidation sites excluding steroid dienone is 1. The second-order valence-corrected chi connectivity index (χ2v) is 2.61. The number of aliphatic imine (C=N–C) groups is 1. The summed E-state index contributed by atoms with van der Waals surface area (Å²) < 4.78 is 1.57. The Balaban J connectivity index is 2.69. The predicted octanol–water partition coefficient (Wildman–Crippen LogP) is 1.37. The van der Waals surface area contributed by atoms with Crippen LogP contribution in [0.2, 0.25) is 0 Å². The predicted molar refractivity (Wildman–Crippen MR) is 53.6 cm³/mol. The largest absolute Gasteiger partial charge is 0.284 e. The summed E-state index contributed by atoms with van der Waals surface area (Å²) >= 11 is 0. The maximum absolute atomic E-state index is 11.4. The smallest absolute Gasteiger partial charge is 0.255 e. The highest BCUT2D eigenvalue weighted by molar-refractivity contribution is 5.77. The molecule has 2 heterocycles. The summed E-state index contributed by atoms with van der Waals surface area (Å²) in [5.74, 6) is 0. The minimum absolute atomic E-state index is 0.0336. The van der Waals surface area contributed by atoms with Crippen LogP contribution in [-0.4, -0.2) is 10.8 Å². The van der Waals surface area contributed by atoms with Crippen molar-refractivity contribution in [2.24, 2.45) is 4.99 Å². The van der Waals surface area contributed by atoms with Crippen LogP contribution in [-0.2, 0) is 0 Å². The van der Waals surface area contributed by atoms with Gasteiger partial charge in [-0.1, -0.05) is 6.07 Å². The topological polar surface area (TPSA) is 34.4 Å². The van der Waals surface area contributed by atoms with E-state index in [1.165, 1.54) is 6.07 Å². The fraction of sp³-hybridized carbons (Fsp3) is 0. The van der Waals surface area contributed by atoms with Crippen molar-refractivity contribution in [1.29, 1.82) is 0 Å². The number of aromatic nitrogens is 1. The van der Waals surface area contributed by atoms with Crippen LogP contribution in [0.1, 0.15) is 5.69 Å². The van der Waals surface area contributed by atoms with Crippen LogP contribution in [0, 0.1) is 0 Å². The van der Waals surface area contributed by atoms with E-state index in [-0.39, 0.29) is 5.56 Å². The number of nitrogens with zero attached hydrogens (tertiary/aromatic N) is 2. The normalized spacial score (nSPS) is 13.5. The van der Waals surface area contributed by atoms with Crippen molar-refractivity contribution < 1.29 is 0 Å². The molecule has 64 valence electrons. The number of hydrogen-bond acceptors (Lipinski definition) is 2. The Labute approximate surface area is 75.4 Å². The van der Waals surface area contributed by atoms with E-state index in [0.29, 0.717) is 0 Å². The fourth-order valence-electron chi connectivity index (χ4n) is 1.16.